The van der Waals surface area contributed by atoms with Crippen molar-refractivity contribution < 1.29 is 28.2 Å². The van der Waals surface area contributed by atoms with Crippen molar-refractivity contribution in [3.05, 3.63) is 101 Å². The number of carbonyl (C=O) groups excluding carboxylic acids is 1. The SMILES string of the molecule is COc1cccc(CN2CCCCC2)c1-c1cccc2c(C[C@H](NC(=O)c3c(F)ccc(F)c3C)C(=O)O)cccc12. The number of ether oxygens (including phenoxy) is 1. The van der Waals surface area contributed by atoms with Gasteiger partial charge in [0.25, 0.3) is 5.91 Å². The van der Waals surface area contributed by atoms with Crippen LogP contribution in [0.25, 0.3) is 21.9 Å². The first-order chi connectivity index (χ1) is 20.3. The van der Waals surface area contributed by atoms with Gasteiger partial charge < -0.3 is 15.2 Å². The van der Waals surface area contributed by atoms with Gasteiger partial charge in [0.2, 0.25) is 0 Å². The minimum absolute atomic E-state index is 0.0512. The van der Waals surface area contributed by atoms with Crippen LogP contribution in [0, 0.1) is 18.6 Å². The van der Waals surface area contributed by atoms with Gasteiger partial charge in [0, 0.05) is 24.1 Å². The lowest BCUT2D eigenvalue weighted by atomic mass is 9.90. The van der Waals surface area contributed by atoms with E-state index in [2.05, 4.69) is 16.3 Å². The summed E-state index contributed by atoms with van der Waals surface area (Å²) in [5.41, 5.74) is 3.13. The van der Waals surface area contributed by atoms with E-state index in [0.29, 0.717) is 5.56 Å². The number of fused-ring (bicyclic) bond motifs is 1. The largest absolute Gasteiger partial charge is 0.496 e. The molecule has 0 saturated carbocycles. The van der Waals surface area contributed by atoms with Crippen LogP contribution in [0.5, 0.6) is 5.75 Å². The molecule has 1 saturated heterocycles. The first-order valence-corrected chi connectivity index (χ1v) is 14.2. The molecule has 0 bridgehead atoms. The molecule has 8 heteroatoms. The zero-order valence-corrected chi connectivity index (χ0v) is 23.8. The number of amides is 1. The van der Waals surface area contributed by atoms with E-state index in [1.54, 1.807) is 7.11 Å². The molecule has 6 nitrogen and oxygen atoms in total. The van der Waals surface area contributed by atoms with Crippen molar-refractivity contribution in [2.75, 3.05) is 20.2 Å². The van der Waals surface area contributed by atoms with Gasteiger partial charge in [0.05, 0.1) is 12.7 Å². The van der Waals surface area contributed by atoms with Gasteiger partial charge >= 0.3 is 5.97 Å². The quantitative estimate of drug-likeness (QED) is 0.239. The molecule has 218 valence electrons. The fourth-order valence-electron chi connectivity index (χ4n) is 5.90. The maximum Gasteiger partial charge on any atom is 0.326 e. The Hall–Kier alpha value is -4.30. The second kappa shape index (κ2) is 12.7. The highest BCUT2D eigenvalue weighted by Crippen LogP contribution is 2.39. The van der Waals surface area contributed by atoms with Crippen LogP contribution in [-0.2, 0) is 17.8 Å². The zero-order chi connectivity index (χ0) is 29.8. The van der Waals surface area contributed by atoms with Gasteiger partial charge in [-0.05, 0) is 78.5 Å². The minimum atomic E-state index is -1.37. The van der Waals surface area contributed by atoms with Crippen molar-refractivity contribution in [1.29, 1.82) is 0 Å². The molecular formula is C34H34F2N2O4. The Morgan fingerprint density at radius 3 is 2.31 bits per heavy atom. The summed E-state index contributed by atoms with van der Waals surface area (Å²) in [6, 6.07) is 18.1. The smallest absolute Gasteiger partial charge is 0.326 e. The van der Waals surface area contributed by atoms with Gasteiger partial charge in [-0.1, -0.05) is 55.0 Å². The molecule has 0 aromatic heterocycles. The van der Waals surface area contributed by atoms with E-state index in [1.165, 1.54) is 26.2 Å². The Morgan fingerprint density at radius 2 is 1.57 bits per heavy atom. The number of hydrogen-bond acceptors (Lipinski definition) is 4. The summed E-state index contributed by atoms with van der Waals surface area (Å²) >= 11 is 0. The number of nitrogens with one attached hydrogen (secondary N) is 1. The molecule has 1 amide bonds. The summed E-state index contributed by atoms with van der Waals surface area (Å²) in [6.07, 6.45) is 3.57. The fourth-order valence-corrected chi connectivity index (χ4v) is 5.90. The first-order valence-electron chi connectivity index (χ1n) is 14.2. The molecule has 1 atom stereocenters. The monoisotopic (exact) mass is 572 g/mol. The molecule has 1 aliphatic heterocycles. The lowest BCUT2D eigenvalue weighted by Gasteiger charge is -2.28. The van der Waals surface area contributed by atoms with Crippen LogP contribution in [0.1, 0.15) is 46.3 Å². The van der Waals surface area contributed by atoms with Crippen LogP contribution in [-0.4, -0.2) is 48.1 Å². The average molecular weight is 573 g/mol. The van der Waals surface area contributed by atoms with Crippen LogP contribution < -0.4 is 10.1 Å². The maximum absolute atomic E-state index is 14.4. The zero-order valence-electron chi connectivity index (χ0n) is 23.8. The molecule has 0 unspecified atom stereocenters. The highest BCUT2D eigenvalue weighted by molar-refractivity contribution is 6.01. The second-order valence-corrected chi connectivity index (χ2v) is 10.7. The Kier molecular flexibility index (Phi) is 8.83. The number of rotatable bonds is 9. The van der Waals surface area contributed by atoms with E-state index >= 15 is 0 Å². The highest BCUT2D eigenvalue weighted by atomic mass is 19.1. The summed E-state index contributed by atoms with van der Waals surface area (Å²) in [4.78, 5) is 27.6. The molecule has 5 rings (SSSR count). The first kappa shape index (κ1) is 29.2. The Morgan fingerprint density at radius 1 is 0.905 bits per heavy atom. The molecule has 42 heavy (non-hydrogen) atoms. The van der Waals surface area contributed by atoms with Crippen molar-refractivity contribution in [3.8, 4) is 16.9 Å². The van der Waals surface area contributed by atoms with Gasteiger partial charge in [-0.15, -0.1) is 0 Å². The number of carboxylic acid groups (broad SMARTS) is 1. The predicted molar refractivity (Wildman–Crippen MR) is 159 cm³/mol. The number of nitrogens with zero attached hydrogens (tertiary/aromatic N) is 1. The van der Waals surface area contributed by atoms with Gasteiger partial charge in [0.1, 0.15) is 23.4 Å². The topological polar surface area (TPSA) is 78.9 Å². The molecule has 1 fully saturated rings. The number of likely N-dealkylation sites (tertiary alicyclic amines) is 1. The molecule has 4 aromatic rings. The maximum atomic E-state index is 14.4. The number of aliphatic carboxylic acids is 1. The molecule has 1 heterocycles. The van der Waals surface area contributed by atoms with Gasteiger partial charge in [-0.2, -0.15) is 0 Å². The predicted octanol–water partition coefficient (Wildman–Crippen LogP) is 6.51. The van der Waals surface area contributed by atoms with Gasteiger partial charge in [0.15, 0.2) is 0 Å². The number of methoxy groups -OCH3 is 1. The summed E-state index contributed by atoms with van der Waals surface area (Å²) in [7, 11) is 1.66. The van der Waals surface area contributed by atoms with Crippen molar-refractivity contribution >= 4 is 22.6 Å². The van der Waals surface area contributed by atoms with Crippen LogP contribution in [0.4, 0.5) is 8.78 Å². The van der Waals surface area contributed by atoms with E-state index in [0.717, 1.165) is 65.0 Å². The van der Waals surface area contributed by atoms with Crippen LogP contribution in [0.2, 0.25) is 0 Å². The van der Waals surface area contributed by atoms with Crippen molar-refractivity contribution in [1.82, 2.24) is 10.2 Å². The Labute approximate surface area is 243 Å². The van der Waals surface area contributed by atoms with E-state index in [-0.39, 0.29) is 12.0 Å². The lowest BCUT2D eigenvalue weighted by molar-refractivity contribution is -0.139. The molecule has 0 radical (unpaired) electrons. The summed E-state index contributed by atoms with van der Waals surface area (Å²) in [5.74, 6) is -3.16. The highest BCUT2D eigenvalue weighted by Gasteiger charge is 2.26. The summed E-state index contributed by atoms with van der Waals surface area (Å²) in [6.45, 7) is 4.19. The normalized spacial score (nSPS) is 14.5. The molecular weight excluding hydrogens is 538 g/mol. The third-order valence-electron chi connectivity index (χ3n) is 8.06. The number of hydrogen-bond donors (Lipinski definition) is 2. The molecule has 0 aliphatic carbocycles. The Bertz CT molecular complexity index is 1630. The van der Waals surface area contributed by atoms with E-state index in [9.17, 15) is 23.5 Å². The second-order valence-electron chi connectivity index (χ2n) is 10.7. The van der Waals surface area contributed by atoms with E-state index in [1.807, 2.05) is 48.5 Å². The molecule has 2 N–H and O–H groups in total. The minimum Gasteiger partial charge on any atom is -0.496 e. The van der Waals surface area contributed by atoms with Crippen LogP contribution >= 0.6 is 0 Å². The van der Waals surface area contributed by atoms with E-state index in [4.69, 9.17) is 4.74 Å². The molecule has 1 aliphatic rings. The van der Waals surface area contributed by atoms with E-state index < -0.39 is 35.1 Å². The Balaban J connectivity index is 1.51. The summed E-state index contributed by atoms with van der Waals surface area (Å²) < 4.78 is 34.3. The number of carbonyl (C=O) groups is 2. The average Bonchev–Trinajstić information content (AvgIpc) is 2.99. The number of halogens is 2. The number of piperidine rings is 1. The molecule has 4 aromatic carbocycles. The summed E-state index contributed by atoms with van der Waals surface area (Å²) in [5, 5.41) is 14.1. The van der Waals surface area contributed by atoms with Crippen molar-refractivity contribution in [2.24, 2.45) is 0 Å². The fraction of sp³-hybridized carbons (Fsp3) is 0.294. The van der Waals surface area contributed by atoms with Gasteiger partial charge in [-0.3, -0.25) is 9.69 Å². The third-order valence-corrected chi connectivity index (χ3v) is 8.06. The van der Waals surface area contributed by atoms with Crippen LogP contribution in [0.15, 0.2) is 66.7 Å². The lowest BCUT2D eigenvalue weighted by Crippen LogP contribution is -2.43. The standard InChI is InChI=1S/C34H34F2N2O4/c1-21-27(35)15-16-28(36)31(21)33(39)37-29(34(40)41)19-22-9-6-12-25-24(22)11-8-13-26(25)32-23(10-7-14-30(32)42-2)20-38-17-4-3-5-18-38/h6-16,29H,3-5,17-20H2,1-2H3,(H,37,39)(H,40,41)/t29-/m0/s1. The molecule has 0 spiro atoms. The van der Waals surface area contributed by atoms with Crippen molar-refractivity contribution in [2.45, 2.75) is 45.2 Å². The number of benzene rings is 4. The van der Waals surface area contributed by atoms with Crippen LogP contribution in [0.3, 0.4) is 0 Å². The van der Waals surface area contributed by atoms with Crippen molar-refractivity contribution in [3.63, 3.8) is 0 Å². The van der Waals surface area contributed by atoms with Gasteiger partial charge in [-0.25, -0.2) is 13.6 Å². The third kappa shape index (κ3) is 5.99. The number of carboxylic acids is 1.